The first-order chi connectivity index (χ1) is 53.2. The number of fused-ring (bicyclic) bond motifs is 3. The minimum atomic E-state index is -1.97. The van der Waals surface area contributed by atoms with E-state index < -0.39 is 16.6 Å². The molecule has 8 rings (SSSR count). The Balaban J connectivity index is 0.000000570. The Hall–Kier alpha value is -9.71. The summed E-state index contributed by atoms with van der Waals surface area (Å²) in [6, 6.07) is 33.6. The van der Waals surface area contributed by atoms with Crippen LogP contribution in [0.1, 0.15) is 221 Å². The van der Waals surface area contributed by atoms with Gasteiger partial charge in [-0.05, 0) is 352 Å². The van der Waals surface area contributed by atoms with Gasteiger partial charge in [0.1, 0.15) is 17.2 Å². The van der Waals surface area contributed by atoms with Crippen LogP contribution in [0.25, 0.3) is 11.6 Å². The highest BCUT2D eigenvalue weighted by molar-refractivity contribution is 6.74. The number of piperidine rings is 2. The summed E-state index contributed by atoms with van der Waals surface area (Å²) < 4.78 is 45.5. The summed E-state index contributed by atoms with van der Waals surface area (Å²) >= 11 is 0. The molecule has 4 aromatic carbocycles. The molecule has 1 saturated carbocycles. The molecule has 10 nitrogen and oxygen atoms in total. The van der Waals surface area contributed by atoms with Gasteiger partial charge in [-0.2, -0.15) is 10.1 Å². The van der Waals surface area contributed by atoms with Gasteiger partial charge in [0, 0.05) is 106 Å². The zero-order chi connectivity index (χ0) is 81.5. The first kappa shape index (κ1) is 89.5. The molecule has 12 heteroatoms. The predicted molar refractivity (Wildman–Crippen MR) is 467 cm³/mol. The van der Waals surface area contributed by atoms with Crippen LogP contribution in [0.4, 0.5) is 11.4 Å². The van der Waals surface area contributed by atoms with Crippen LogP contribution in [-0.2, 0) is 18.5 Å². The van der Waals surface area contributed by atoms with Crippen molar-refractivity contribution < 1.29 is 32.7 Å². The van der Waals surface area contributed by atoms with E-state index in [1.165, 1.54) is 36.2 Å². The van der Waals surface area contributed by atoms with Crippen LogP contribution in [0, 0.1) is 155 Å². The fourth-order valence-corrected chi connectivity index (χ4v) is 16.9. The smallest absolute Gasteiger partial charge is 0.220 e. The average molecular weight is 1530 g/mol. The summed E-state index contributed by atoms with van der Waals surface area (Å²) in [6.45, 7) is 44.9. The van der Waals surface area contributed by atoms with Crippen molar-refractivity contribution in [3.63, 3.8) is 0 Å². The van der Waals surface area contributed by atoms with E-state index in [1.807, 2.05) is 0 Å². The number of methoxy groups -OCH3 is 1. The third-order valence-corrected chi connectivity index (χ3v) is 30.2. The highest BCUT2D eigenvalue weighted by Crippen LogP contribution is 2.54. The molecule has 0 N–H and O–H groups in total. The van der Waals surface area contributed by atoms with Gasteiger partial charge in [0.05, 0.1) is 32.5 Å². The highest BCUT2D eigenvalue weighted by Gasteiger charge is 2.53. The van der Waals surface area contributed by atoms with Gasteiger partial charge in [0.15, 0.2) is 0 Å². The van der Waals surface area contributed by atoms with E-state index in [4.69, 9.17) is 45.6 Å². The fourth-order valence-electron chi connectivity index (χ4n) is 14.5. The van der Waals surface area contributed by atoms with Crippen LogP contribution >= 0.6 is 0 Å². The molecule has 4 aromatic rings. The monoisotopic (exact) mass is 1530 g/mol. The van der Waals surface area contributed by atoms with Gasteiger partial charge in [-0.1, -0.05) is 97.2 Å². The molecule has 0 spiro atoms. The number of anilines is 2. The van der Waals surface area contributed by atoms with Crippen LogP contribution in [0.2, 0.25) is 36.3 Å². The molecule has 2 saturated heterocycles. The largest absolute Gasteiger partial charge is 0.497 e. The Morgan fingerprint density at radius 1 is 0.438 bits per heavy atom. The molecular formula is C100H117N3O7Si2. The lowest BCUT2D eigenvalue weighted by Gasteiger charge is -2.57. The van der Waals surface area contributed by atoms with E-state index in [9.17, 15) is 0 Å². The number of hydrogen-bond acceptors (Lipinski definition) is 10. The van der Waals surface area contributed by atoms with Crippen molar-refractivity contribution in [2.24, 2.45) is 0 Å². The number of nitrogens with zero attached hydrogens (tertiary/aromatic N) is 3. The van der Waals surface area contributed by atoms with E-state index in [1.54, 1.807) is 7.11 Å². The normalized spacial score (nSPS) is 16.9. The first-order valence-corrected chi connectivity index (χ1v) is 45.4. The van der Waals surface area contributed by atoms with Crippen LogP contribution in [-0.4, -0.2) is 101 Å². The molecular weight excluding hydrogens is 1410 g/mol. The molecule has 3 fully saturated rings. The average Bonchev–Trinajstić information content (AvgIpc) is 1.72. The van der Waals surface area contributed by atoms with Crippen LogP contribution in [0.5, 0.6) is 17.2 Å². The first-order valence-electron chi connectivity index (χ1n) is 39.6. The number of unbranched alkanes of at least 4 members (excludes halogenated alkanes) is 6. The van der Waals surface area contributed by atoms with E-state index >= 15 is 0 Å². The Bertz CT molecular complexity index is 4470. The van der Waals surface area contributed by atoms with Crippen LogP contribution < -0.4 is 19.1 Å². The van der Waals surface area contributed by atoms with Gasteiger partial charge in [0.25, 0.3) is 0 Å². The third kappa shape index (κ3) is 27.3. The molecule has 1 aliphatic carbocycles. The third-order valence-electron chi connectivity index (χ3n) is 21.7. The lowest BCUT2D eigenvalue weighted by molar-refractivity contribution is -0.248. The topological polar surface area (TPSA) is 74.3 Å². The number of terminal acetylenes is 2. The Labute approximate surface area is 678 Å². The maximum absolute atomic E-state index is 6.97. The van der Waals surface area contributed by atoms with E-state index in [2.05, 4.69) is 377 Å². The highest BCUT2D eigenvalue weighted by atomic mass is 28.4. The zero-order valence-electron chi connectivity index (χ0n) is 70.3. The summed E-state index contributed by atoms with van der Waals surface area (Å²) in [5.41, 5.74) is 8.18. The van der Waals surface area contributed by atoms with Crippen molar-refractivity contribution >= 4 is 39.7 Å². The minimum absolute atomic E-state index is 0.101. The molecule has 3 heterocycles. The van der Waals surface area contributed by atoms with Gasteiger partial charge in [-0.15, -0.1) is 12.8 Å². The van der Waals surface area contributed by atoms with Gasteiger partial charge >= 0.3 is 0 Å². The summed E-state index contributed by atoms with van der Waals surface area (Å²) in [5.74, 6) is 61.5. The number of rotatable bonds is 27. The molecule has 0 amide bonds. The van der Waals surface area contributed by atoms with Crippen molar-refractivity contribution in [1.82, 2.24) is 10.1 Å². The zero-order valence-corrected chi connectivity index (χ0v) is 72.3. The number of benzene rings is 4. The predicted octanol–water partition coefficient (Wildman–Crippen LogP) is 20.2. The minimum Gasteiger partial charge on any atom is -0.497 e. The van der Waals surface area contributed by atoms with Gasteiger partial charge in [-0.3, -0.25) is 0 Å². The quantitative estimate of drug-likeness (QED) is 0.0249. The standard InChI is InChI=1S/C74H115N3O7Si2.C26H2/c1-69(2,3)85(16,17)83-76-71(7,8)51-62(52-72(76,9)10)81-47-26-22-20-24-45-79-59-39-33-56(34-40-59)65(49-55-31-37-58(38-32-55)75-67-30-28-29-64(67)66-50-61(78-15)43-44-68(66)75)57-35-41-60(42-36-57)80-46-25-21-23-27-48-82-63-53-73(11,12)77(74(13,14)54-63)84-86(18,19)70(4,5)6;1-3-5-7-9-11-13-15-17-19-21-23-25-26-24-22-20-18-16-14-12-10-8-6-4-2/h31-44,49-50,62-64,67H,20-30,45-48,51-54H2,1-19H3;1-2H. The lowest BCUT2D eigenvalue weighted by atomic mass is 9.80. The summed E-state index contributed by atoms with van der Waals surface area (Å²) in [5, 5.41) is 4.98. The molecule has 0 radical (unpaired) electrons. The van der Waals surface area contributed by atoms with E-state index in [0.717, 1.165) is 130 Å². The Morgan fingerprint density at radius 2 is 0.777 bits per heavy atom. The van der Waals surface area contributed by atoms with E-state index in [-0.39, 0.29) is 44.4 Å². The van der Waals surface area contributed by atoms with Crippen molar-refractivity contribution in [2.45, 2.75) is 276 Å². The SMILES string of the molecule is C#CC#CC#CC#CC#CC#CC#CC#CC#CC#CC#CC#CC#C.COc1ccc2c(c1)C1CCCC1N2c1ccc(C=C(c2ccc(OCCCCCCOC3CC(C)(C)N(O[Si](C)(C)C(C)(C)C)C(C)(C)C3)cc2)c2ccc(OCCCCCCOC3CC(C)(C)N(O[Si](C)(C)C(C)(C)C)C(C)(C)C3)cc2)cc1. The number of ether oxygens (including phenoxy) is 5. The van der Waals surface area contributed by atoms with Gasteiger partial charge in [0.2, 0.25) is 16.6 Å². The fraction of sp³-hybridized carbons (Fsp3) is 0.480. The van der Waals surface area contributed by atoms with Crippen LogP contribution in [0.15, 0.2) is 91.0 Å². The Kier molecular flexibility index (Phi) is 33.8. The second-order valence-electron chi connectivity index (χ2n) is 34.5. The molecule has 2 unspecified atom stereocenters. The molecule has 112 heavy (non-hydrogen) atoms. The maximum atomic E-state index is 6.97. The van der Waals surface area contributed by atoms with Crippen molar-refractivity contribution in [2.75, 3.05) is 38.4 Å². The summed E-state index contributed by atoms with van der Waals surface area (Å²) in [4.78, 5) is 2.58. The second-order valence-corrected chi connectivity index (χ2v) is 43.9. The van der Waals surface area contributed by atoms with Crippen molar-refractivity contribution in [3.05, 3.63) is 113 Å². The maximum Gasteiger partial charge on any atom is 0.220 e. The lowest BCUT2D eigenvalue weighted by Crippen LogP contribution is -2.65. The van der Waals surface area contributed by atoms with Crippen LogP contribution in [0.3, 0.4) is 0 Å². The molecule has 0 aromatic heterocycles. The number of hydrogen-bond donors (Lipinski definition) is 0. The van der Waals surface area contributed by atoms with Crippen molar-refractivity contribution in [3.8, 4) is 172 Å². The second kappa shape index (κ2) is 42.2. The van der Waals surface area contributed by atoms with Gasteiger partial charge in [-0.25, -0.2) is 0 Å². The van der Waals surface area contributed by atoms with Crippen molar-refractivity contribution in [1.29, 1.82) is 0 Å². The Morgan fingerprint density at radius 3 is 1.12 bits per heavy atom. The summed E-state index contributed by atoms with van der Waals surface area (Å²) in [7, 11) is -2.18. The van der Waals surface area contributed by atoms with Gasteiger partial charge < -0.3 is 37.6 Å². The molecule has 2 atom stereocenters. The molecule has 582 valence electrons. The number of hydroxylamine groups is 4. The van der Waals surface area contributed by atoms with E-state index in [0.29, 0.717) is 25.2 Å². The molecule has 0 bridgehead atoms. The summed E-state index contributed by atoms with van der Waals surface area (Å²) in [6.07, 6.45) is 28.8. The molecule has 3 aliphatic heterocycles. The molecule has 4 aliphatic rings.